The van der Waals surface area contributed by atoms with Crippen molar-refractivity contribution in [3.05, 3.63) is 48.0 Å². The van der Waals surface area contributed by atoms with Gasteiger partial charge in [-0.3, -0.25) is 0 Å². The third-order valence-corrected chi connectivity index (χ3v) is 3.96. The lowest BCUT2D eigenvalue weighted by Crippen LogP contribution is -2.26. The highest BCUT2D eigenvalue weighted by Gasteiger charge is 2.10. The van der Waals surface area contributed by atoms with Crippen LogP contribution in [0.1, 0.15) is 18.9 Å². The molecule has 0 heterocycles. The summed E-state index contributed by atoms with van der Waals surface area (Å²) in [6.07, 6.45) is 0.795. The molecular formula is C20H28IN3O3. The van der Waals surface area contributed by atoms with E-state index in [1.807, 2.05) is 49.4 Å². The second-order valence-corrected chi connectivity index (χ2v) is 5.83. The molecule has 2 aromatic carbocycles. The van der Waals surface area contributed by atoms with Crippen molar-refractivity contribution in [1.82, 2.24) is 0 Å². The van der Waals surface area contributed by atoms with Crippen LogP contribution in [0.2, 0.25) is 0 Å². The fourth-order valence-electron chi connectivity index (χ4n) is 2.42. The van der Waals surface area contributed by atoms with Gasteiger partial charge in [-0.05, 0) is 37.1 Å². The summed E-state index contributed by atoms with van der Waals surface area (Å²) >= 11 is 0. The van der Waals surface area contributed by atoms with Gasteiger partial charge in [-0.25, -0.2) is 4.99 Å². The maximum Gasteiger partial charge on any atom is 0.193 e. The van der Waals surface area contributed by atoms with E-state index in [1.54, 1.807) is 14.2 Å². The smallest absolute Gasteiger partial charge is 0.193 e. The topological polar surface area (TPSA) is 78.1 Å². The van der Waals surface area contributed by atoms with E-state index >= 15 is 0 Å². The van der Waals surface area contributed by atoms with E-state index in [2.05, 4.69) is 17.2 Å². The number of anilines is 1. The third-order valence-electron chi connectivity index (χ3n) is 3.96. The summed E-state index contributed by atoms with van der Waals surface area (Å²) in [6.45, 7) is 4.56. The standard InChI is InChI=1S/C20H27N3O3.HI/c1-5-16(26-17-9-7-6-8-14(17)2)13-22-20(21)23-15-10-11-18(24-3)19(12-15)25-4;/h6-12,16H,5,13H2,1-4H3,(H3,21,22,23);1H. The molecular weight excluding hydrogens is 457 g/mol. The summed E-state index contributed by atoms with van der Waals surface area (Å²) in [6, 6.07) is 13.4. The molecule has 0 aliphatic heterocycles. The van der Waals surface area contributed by atoms with E-state index < -0.39 is 0 Å². The Hall–Kier alpha value is -2.16. The number of nitrogens with zero attached hydrogens (tertiary/aromatic N) is 1. The zero-order valence-electron chi connectivity index (χ0n) is 16.2. The Morgan fingerprint density at radius 2 is 1.78 bits per heavy atom. The molecule has 1 unspecified atom stereocenters. The van der Waals surface area contributed by atoms with Crippen LogP contribution in [0.15, 0.2) is 47.5 Å². The van der Waals surface area contributed by atoms with Crippen molar-refractivity contribution >= 4 is 35.6 Å². The Morgan fingerprint density at radius 1 is 1.07 bits per heavy atom. The van der Waals surface area contributed by atoms with Crippen molar-refractivity contribution in [2.45, 2.75) is 26.4 Å². The molecule has 7 heteroatoms. The van der Waals surface area contributed by atoms with Crippen LogP contribution in [0.3, 0.4) is 0 Å². The fourth-order valence-corrected chi connectivity index (χ4v) is 2.42. The average Bonchev–Trinajstić information content (AvgIpc) is 2.66. The molecule has 0 aliphatic rings. The van der Waals surface area contributed by atoms with Crippen molar-refractivity contribution in [2.75, 3.05) is 26.1 Å². The van der Waals surface area contributed by atoms with Gasteiger partial charge in [-0.1, -0.05) is 25.1 Å². The van der Waals surface area contributed by atoms with Gasteiger partial charge in [0.15, 0.2) is 17.5 Å². The van der Waals surface area contributed by atoms with Crippen LogP contribution in [-0.2, 0) is 0 Å². The highest BCUT2D eigenvalue weighted by Crippen LogP contribution is 2.29. The monoisotopic (exact) mass is 485 g/mol. The number of rotatable bonds is 8. The summed E-state index contributed by atoms with van der Waals surface area (Å²) in [5.41, 5.74) is 7.88. The quantitative estimate of drug-likeness (QED) is 0.333. The lowest BCUT2D eigenvalue weighted by atomic mass is 10.2. The van der Waals surface area contributed by atoms with Crippen molar-refractivity contribution in [3.8, 4) is 17.2 Å². The van der Waals surface area contributed by atoms with Gasteiger partial charge in [0.05, 0.1) is 20.8 Å². The van der Waals surface area contributed by atoms with Gasteiger partial charge >= 0.3 is 0 Å². The van der Waals surface area contributed by atoms with Crippen molar-refractivity contribution in [1.29, 1.82) is 0 Å². The number of nitrogens with one attached hydrogen (secondary N) is 1. The van der Waals surface area contributed by atoms with E-state index in [0.29, 0.717) is 24.0 Å². The molecule has 6 nitrogen and oxygen atoms in total. The van der Waals surface area contributed by atoms with E-state index in [9.17, 15) is 0 Å². The first kappa shape index (κ1) is 22.9. The predicted octanol–water partition coefficient (Wildman–Crippen LogP) is 4.21. The largest absolute Gasteiger partial charge is 0.493 e. The van der Waals surface area contributed by atoms with Crippen LogP contribution in [0.4, 0.5) is 5.69 Å². The van der Waals surface area contributed by atoms with Gasteiger partial charge in [0.1, 0.15) is 11.9 Å². The minimum absolute atomic E-state index is 0. The number of para-hydroxylation sites is 1. The van der Waals surface area contributed by atoms with Gasteiger partial charge in [0.2, 0.25) is 0 Å². The Kier molecular flexibility index (Phi) is 9.77. The van der Waals surface area contributed by atoms with Crippen LogP contribution in [-0.4, -0.2) is 32.8 Å². The Labute approximate surface area is 178 Å². The molecule has 3 N–H and O–H groups in total. The zero-order chi connectivity index (χ0) is 18.9. The van der Waals surface area contributed by atoms with E-state index in [4.69, 9.17) is 19.9 Å². The fraction of sp³-hybridized carbons (Fsp3) is 0.350. The van der Waals surface area contributed by atoms with Gasteiger partial charge in [-0.15, -0.1) is 24.0 Å². The first-order valence-corrected chi connectivity index (χ1v) is 8.58. The number of benzene rings is 2. The molecule has 0 spiro atoms. The second-order valence-electron chi connectivity index (χ2n) is 5.83. The van der Waals surface area contributed by atoms with Crippen molar-refractivity contribution < 1.29 is 14.2 Å². The first-order chi connectivity index (χ1) is 12.6. The first-order valence-electron chi connectivity index (χ1n) is 8.58. The average molecular weight is 485 g/mol. The maximum atomic E-state index is 6.03. The van der Waals surface area contributed by atoms with Crippen LogP contribution in [0, 0.1) is 6.92 Å². The van der Waals surface area contributed by atoms with Crippen LogP contribution in [0.25, 0.3) is 0 Å². The third kappa shape index (κ3) is 6.82. The predicted molar refractivity (Wildman–Crippen MR) is 121 cm³/mol. The minimum Gasteiger partial charge on any atom is -0.493 e. The second kappa shape index (κ2) is 11.5. The number of aryl methyl sites for hydroxylation is 1. The molecule has 0 aromatic heterocycles. The molecule has 0 fully saturated rings. The van der Waals surface area contributed by atoms with E-state index in [1.165, 1.54) is 0 Å². The van der Waals surface area contributed by atoms with Crippen LogP contribution >= 0.6 is 24.0 Å². The number of ether oxygens (including phenoxy) is 3. The van der Waals surface area contributed by atoms with E-state index in [0.717, 1.165) is 23.4 Å². The molecule has 0 aliphatic carbocycles. The summed E-state index contributed by atoms with van der Waals surface area (Å²) < 4.78 is 16.5. The Bertz CT molecular complexity index is 753. The van der Waals surface area contributed by atoms with Gasteiger partial charge in [-0.2, -0.15) is 0 Å². The molecule has 0 saturated carbocycles. The van der Waals surface area contributed by atoms with Crippen LogP contribution in [0.5, 0.6) is 17.2 Å². The number of halogens is 1. The Balaban J connectivity index is 0.00000364. The summed E-state index contributed by atoms with van der Waals surface area (Å²) in [5, 5.41) is 3.06. The normalized spacial score (nSPS) is 11.9. The summed E-state index contributed by atoms with van der Waals surface area (Å²) in [5.74, 6) is 2.48. The Morgan fingerprint density at radius 3 is 2.41 bits per heavy atom. The molecule has 0 bridgehead atoms. The minimum atomic E-state index is -0.0400. The van der Waals surface area contributed by atoms with Gasteiger partial charge in [0.25, 0.3) is 0 Å². The molecule has 148 valence electrons. The number of nitrogens with two attached hydrogens (primary N) is 1. The lowest BCUT2D eigenvalue weighted by Gasteiger charge is -2.17. The number of methoxy groups -OCH3 is 2. The number of hydrogen-bond acceptors (Lipinski definition) is 4. The van der Waals surface area contributed by atoms with Gasteiger partial charge in [0, 0.05) is 11.8 Å². The molecule has 0 saturated heterocycles. The molecule has 0 amide bonds. The maximum absolute atomic E-state index is 6.03. The SMILES string of the molecule is CCC(CN=C(N)Nc1ccc(OC)c(OC)c1)Oc1ccccc1C.I. The lowest BCUT2D eigenvalue weighted by molar-refractivity contribution is 0.204. The highest BCUT2D eigenvalue weighted by molar-refractivity contribution is 14.0. The molecule has 2 rings (SSSR count). The van der Waals surface area contributed by atoms with Crippen molar-refractivity contribution in [2.24, 2.45) is 10.7 Å². The van der Waals surface area contributed by atoms with Crippen molar-refractivity contribution in [3.63, 3.8) is 0 Å². The summed E-state index contributed by atoms with van der Waals surface area (Å²) in [7, 11) is 3.19. The molecule has 27 heavy (non-hydrogen) atoms. The number of aliphatic imine (C=N–C) groups is 1. The highest BCUT2D eigenvalue weighted by atomic mass is 127. The van der Waals surface area contributed by atoms with E-state index in [-0.39, 0.29) is 30.1 Å². The number of hydrogen-bond donors (Lipinski definition) is 2. The molecule has 0 radical (unpaired) electrons. The summed E-state index contributed by atoms with van der Waals surface area (Å²) in [4.78, 5) is 4.40. The number of guanidine groups is 1. The molecule has 2 aromatic rings. The zero-order valence-corrected chi connectivity index (χ0v) is 18.5. The van der Waals surface area contributed by atoms with Gasteiger partial charge < -0.3 is 25.3 Å². The molecule has 1 atom stereocenters. The van der Waals surface area contributed by atoms with Crippen LogP contribution < -0.4 is 25.3 Å².